The second-order valence-corrected chi connectivity index (χ2v) is 4.83. The van der Waals surface area contributed by atoms with Gasteiger partial charge in [0, 0.05) is 17.0 Å². The topological polar surface area (TPSA) is 54.7 Å². The van der Waals surface area contributed by atoms with E-state index in [0.717, 1.165) is 16.3 Å². The van der Waals surface area contributed by atoms with Crippen molar-refractivity contribution in [1.29, 1.82) is 0 Å². The first-order valence-electron chi connectivity index (χ1n) is 5.43. The van der Waals surface area contributed by atoms with Crippen molar-refractivity contribution in [2.75, 3.05) is 0 Å². The first-order valence-corrected chi connectivity index (χ1v) is 6.31. The van der Waals surface area contributed by atoms with Gasteiger partial charge in [0.05, 0.1) is 5.69 Å². The number of aromatic nitrogens is 1. The summed E-state index contributed by atoms with van der Waals surface area (Å²) in [7, 11) is 0. The quantitative estimate of drug-likeness (QED) is 0.825. The van der Waals surface area contributed by atoms with Crippen LogP contribution < -0.4 is 0 Å². The van der Waals surface area contributed by atoms with Gasteiger partial charge in [0.2, 0.25) is 0 Å². The van der Waals surface area contributed by atoms with Crippen molar-refractivity contribution in [1.82, 2.24) is 4.98 Å². The van der Waals surface area contributed by atoms with E-state index in [-0.39, 0.29) is 5.91 Å². The minimum atomic E-state index is -0.322. The highest BCUT2D eigenvalue weighted by molar-refractivity contribution is 7.11. The Morgan fingerprint density at radius 2 is 2.11 bits per heavy atom. The zero-order chi connectivity index (χ0) is 12.5. The Balaban J connectivity index is 1.97. The molecule has 0 saturated carbocycles. The lowest BCUT2D eigenvalue weighted by Gasteiger charge is -1.97. The molecule has 5 heteroatoms. The highest BCUT2D eigenvalue weighted by atomic mass is 32.1. The third-order valence-corrected chi connectivity index (χ3v) is 3.42. The first-order chi connectivity index (χ1) is 8.72. The summed E-state index contributed by atoms with van der Waals surface area (Å²) in [5, 5.41) is 9.93. The van der Waals surface area contributed by atoms with Gasteiger partial charge in [0.1, 0.15) is 10.7 Å². The fourth-order valence-electron chi connectivity index (χ4n) is 1.71. The molecule has 2 aromatic rings. The maximum Gasteiger partial charge on any atom is 0.290 e. The Kier molecular flexibility index (Phi) is 2.60. The molecule has 0 atom stereocenters. The summed E-state index contributed by atoms with van der Waals surface area (Å²) in [6.07, 6.45) is 1.40. The van der Waals surface area contributed by atoms with Crippen LogP contribution in [0.5, 0.6) is 0 Å². The molecule has 0 saturated heterocycles. The van der Waals surface area contributed by atoms with Crippen LogP contribution >= 0.6 is 11.3 Å². The second-order valence-electron chi connectivity index (χ2n) is 3.98. The second kappa shape index (κ2) is 4.27. The van der Waals surface area contributed by atoms with Gasteiger partial charge in [-0.2, -0.15) is 0 Å². The Morgan fingerprint density at radius 1 is 1.22 bits per heavy atom. The SMILES string of the molecule is Cc1cccc(-c2csc(C3=CC(=O)N=N3)n2)c1. The largest absolute Gasteiger partial charge is 0.290 e. The zero-order valence-corrected chi connectivity index (χ0v) is 10.4. The highest BCUT2D eigenvalue weighted by Crippen LogP contribution is 2.28. The van der Waals surface area contributed by atoms with E-state index in [4.69, 9.17) is 0 Å². The van der Waals surface area contributed by atoms with Crippen LogP contribution in [-0.4, -0.2) is 10.9 Å². The molecule has 1 amide bonds. The molecule has 1 aliphatic heterocycles. The number of nitrogens with zero attached hydrogens (tertiary/aromatic N) is 3. The van der Waals surface area contributed by atoms with Crippen LogP contribution in [0.25, 0.3) is 17.0 Å². The normalized spacial score (nSPS) is 14.1. The van der Waals surface area contributed by atoms with E-state index >= 15 is 0 Å². The number of amides is 1. The summed E-state index contributed by atoms with van der Waals surface area (Å²) < 4.78 is 0. The molecule has 2 heterocycles. The van der Waals surface area contributed by atoms with Crippen molar-refractivity contribution in [2.45, 2.75) is 6.92 Å². The number of aryl methyl sites for hydroxylation is 1. The van der Waals surface area contributed by atoms with Gasteiger partial charge in [0.25, 0.3) is 5.91 Å². The van der Waals surface area contributed by atoms with Crippen LogP contribution in [0.4, 0.5) is 0 Å². The number of rotatable bonds is 2. The fourth-order valence-corrected chi connectivity index (χ4v) is 2.49. The van der Waals surface area contributed by atoms with Crippen LogP contribution in [0.3, 0.4) is 0 Å². The average Bonchev–Trinajstić information content (AvgIpc) is 2.97. The van der Waals surface area contributed by atoms with E-state index in [0.29, 0.717) is 5.70 Å². The van der Waals surface area contributed by atoms with Crippen molar-refractivity contribution < 1.29 is 4.79 Å². The van der Waals surface area contributed by atoms with E-state index in [1.807, 2.05) is 30.5 Å². The van der Waals surface area contributed by atoms with Gasteiger partial charge < -0.3 is 0 Å². The Hall–Kier alpha value is -2.14. The summed E-state index contributed by atoms with van der Waals surface area (Å²) in [6.45, 7) is 2.04. The molecular formula is C13H9N3OS. The maximum atomic E-state index is 11.0. The van der Waals surface area contributed by atoms with E-state index in [9.17, 15) is 4.79 Å². The minimum Gasteiger partial charge on any atom is -0.266 e. The van der Waals surface area contributed by atoms with E-state index in [1.165, 1.54) is 23.0 Å². The monoisotopic (exact) mass is 255 g/mol. The molecule has 88 valence electrons. The molecule has 18 heavy (non-hydrogen) atoms. The predicted molar refractivity (Wildman–Crippen MR) is 70.1 cm³/mol. The lowest BCUT2D eigenvalue weighted by atomic mass is 10.1. The number of azo groups is 1. The van der Waals surface area contributed by atoms with E-state index in [2.05, 4.69) is 21.3 Å². The summed E-state index contributed by atoms with van der Waals surface area (Å²) in [5.74, 6) is -0.322. The Bertz CT molecular complexity index is 685. The van der Waals surface area contributed by atoms with Crippen LogP contribution in [0, 0.1) is 6.92 Å². The molecular weight excluding hydrogens is 246 g/mol. The van der Waals surface area contributed by atoms with Crippen molar-refractivity contribution in [3.8, 4) is 11.3 Å². The van der Waals surface area contributed by atoms with Crippen LogP contribution in [0.15, 0.2) is 46.0 Å². The predicted octanol–water partition coefficient (Wildman–Crippen LogP) is 3.45. The summed E-state index contributed by atoms with van der Waals surface area (Å²) >= 11 is 1.46. The van der Waals surface area contributed by atoms with Gasteiger partial charge in [-0.05, 0) is 13.0 Å². The van der Waals surface area contributed by atoms with Gasteiger partial charge in [-0.3, -0.25) is 4.79 Å². The molecule has 0 unspecified atom stereocenters. The minimum absolute atomic E-state index is 0.322. The number of thiazole rings is 1. The molecule has 0 N–H and O–H groups in total. The highest BCUT2D eigenvalue weighted by Gasteiger charge is 2.14. The zero-order valence-electron chi connectivity index (χ0n) is 9.62. The molecule has 0 aliphatic carbocycles. The van der Waals surface area contributed by atoms with E-state index < -0.39 is 0 Å². The number of hydrogen-bond donors (Lipinski definition) is 0. The lowest BCUT2D eigenvalue weighted by Crippen LogP contribution is -1.82. The van der Waals surface area contributed by atoms with Gasteiger partial charge >= 0.3 is 0 Å². The smallest absolute Gasteiger partial charge is 0.266 e. The van der Waals surface area contributed by atoms with Gasteiger partial charge in [-0.1, -0.05) is 23.8 Å². The summed E-state index contributed by atoms with van der Waals surface area (Å²) in [5.41, 5.74) is 3.70. The Morgan fingerprint density at radius 3 is 2.83 bits per heavy atom. The number of benzene rings is 1. The van der Waals surface area contributed by atoms with Gasteiger partial charge in [-0.15, -0.1) is 21.6 Å². The third kappa shape index (κ3) is 2.00. The van der Waals surface area contributed by atoms with Crippen LogP contribution in [-0.2, 0) is 4.79 Å². The fraction of sp³-hybridized carbons (Fsp3) is 0.0769. The van der Waals surface area contributed by atoms with Crippen molar-refractivity contribution in [3.05, 3.63) is 46.3 Å². The number of carbonyl (C=O) groups excluding carboxylic acids is 1. The molecule has 0 fully saturated rings. The third-order valence-electron chi connectivity index (χ3n) is 2.55. The van der Waals surface area contributed by atoms with Crippen LogP contribution in [0.2, 0.25) is 0 Å². The standard InChI is InChI=1S/C13H9N3OS/c1-8-3-2-4-9(5-8)11-7-18-13(14-11)10-6-12(17)16-15-10/h2-7H,1H3. The average molecular weight is 255 g/mol. The van der Waals surface area contributed by atoms with Crippen molar-refractivity contribution >= 4 is 22.9 Å². The van der Waals surface area contributed by atoms with Gasteiger partial charge in [0.15, 0.2) is 0 Å². The van der Waals surface area contributed by atoms with Crippen molar-refractivity contribution in [3.63, 3.8) is 0 Å². The summed E-state index contributed by atoms with van der Waals surface area (Å²) in [4.78, 5) is 15.5. The molecule has 3 rings (SSSR count). The molecule has 1 aromatic carbocycles. The molecule has 4 nitrogen and oxygen atoms in total. The number of carbonyl (C=O) groups is 1. The molecule has 0 radical (unpaired) electrons. The first kappa shape index (κ1) is 11.0. The summed E-state index contributed by atoms with van der Waals surface area (Å²) in [6, 6.07) is 8.14. The lowest BCUT2D eigenvalue weighted by molar-refractivity contribution is -0.113. The molecule has 1 aromatic heterocycles. The molecule has 0 spiro atoms. The van der Waals surface area contributed by atoms with Gasteiger partial charge in [-0.25, -0.2) is 4.98 Å². The molecule has 1 aliphatic rings. The van der Waals surface area contributed by atoms with E-state index in [1.54, 1.807) is 0 Å². The van der Waals surface area contributed by atoms with Crippen molar-refractivity contribution in [2.24, 2.45) is 10.2 Å². The maximum absolute atomic E-state index is 11.0. The Labute approximate surface area is 108 Å². The molecule has 0 bridgehead atoms. The van der Waals surface area contributed by atoms with Crippen LogP contribution in [0.1, 0.15) is 10.6 Å². The number of hydrogen-bond acceptors (Lipinski definition) is 4.